The first-order chi connectivity index (χ1) is 14.1. The van der Waals surface area contributed by atoms with Crippen LogP contribution in [-0.4, -0.2) is 69.9 Å². The molecule has 1 aromatic carbocycles. The monoisotopic (exact) mass is 414 g/mol. The number of ether oxygens (including phenoxy) is 2. The quantitative estimate of drug-likeness (QED) is 0.817. The predicted molar refractivity (Wildman–Crippen MR) is 110 cm³/mol. The molecule has 160 valence electrons. The fraction of sp³-hybridized carbons (Fsp3) is 0.524. The van der Waals surface area contributed by atoms with E-state index in [0.717, 1.165) is 18.5 Å². The summed E-state index contributed by atoms with van der Waals surface area (Å²) in [5.41, 5.74) is 0.511. The highest BCUT2D eigenvalue weighted by Gasteiger charge is 2.54. The fourth-order valence-electron chi connectivity index (χ4n) is 3.99. The number of anilines is 1. The maximum Gasteiger partial charge on any atom is 0.410 e. The van der Waals surface area contributed by atoms with Crippen molar-refractivity contribution in [2.24, 2.45) is 0 Å². The smallest absolute Gasteiger partial charge is 0.410 e. The lowest BCUT2D eigenvalue weighted by atomic mass is 10.1. The average molecular weight is 414 g/mol. The Morgan fingerprint density at radius 1 is 1.20 bits per heavy atom. The van der Waals surface area contributed by atoms with Crippen LogP contribution >= 0.6 is 0 Å². The molecule has 9 heteroatoms. The van der Waals surface area contributed by atoms with E-state index in [2.05, 4.69) is 14.9 Å². The number of carbonyl (C=O) groups excluding carboxylic acids is 1. The molecule has 2 aromatic rings. The molecule has 1 spiro atoms. The number of amides is 1. The molecule has 2 fully saturated rings. The van der Waals surface area contributed by atoms with Crippen LogP contribution in [0.3, 0.4) is 0 Å². The van der Waals surface area contributed by atoms with Crippen molar-refractivity contribution in [2.45, 2.75) is 44.8 Å². The minimum absolute atomic E-state index is 0.1000. The van der Waals surface area contributed by atoms with Gasteiger partial charge in [0.15, 0.2) is 0 Å². The van der Waals surface area contributed by atoms with Crippen LogP contribution in [0.5, 0.6) is 6.01 Å². The van der Waals surface area contributed by atoms with E-state index < -0.39 is 11.6 Å². The Kier molecular flexibility index (Phi) is 4.71. The average Bonchev–Trinajstić information content (AvgIpc) is 3.44. The standard InChI is InChI=1S/C21H26N4O5/c1-20(2,3)30-19(28)25-10-9-24(12-21(25)7-8-21)15-6-5-13(17(26)27)16-14(15)11-22-18(23-16)29-4/h5-6,11H,7-10,12H2,1-4H3,(H,26,27). The number of hydrogen-bond donors (Lipinski definition) is 1. The molecule has 1 saturated heterocycles. The third-order valence-corrected chi connectivity index (χ3v) is 5.55. The molecule has 30 heavy (non-hydrogen) atoms. The van der Waals surface area contributed by atoms with Crippen LogP contribution in [0.25, 0.3) is 10.9 Å². The van der Waals surface area contributed by atoms with Crippen molar-refractivity contribution < 1.29 is 24.2 Å². The Morgan fingerprint density at radius 2 is 1.93 bits per heavy atom. The number of aromatic nitrogens is 2. The second-order valence-corrected chi connectivity index (χ2v) is 8.83. The Hall–Kier alpha value is -3.10. The second-order valence-electron chi connectivity index (χ2n) is 8.83. The lowest BCUT2D eigenvalue weighted by Gasteiger charge is -2.43. The van der Waals surface area contributed by atoms with Crippen molar-refractivity contribution in [1.29, 1.82) is 0 Å². The molecule has 0 radical (unpaired) electrons. The van der Waals surface area contributed by atoms with Crippen molar-refractivity contribution in [1.82, 2.24) is 14.9 Å². The van der Waals surface area contributed by atoms with Crippen LogP contribution in [-0.2, 0) is 4.74 Å². The molecule has 0 unspecified atom stereocenters. The highest BCUT2D eigenvalue weighted by Crippen LogP contribution is 2.46. The Bertz CT molecular complexity index is 1010. The molecule has 1 saturated carbocycles. The van der Waals surface area contributed by atoms with E-state index >= 15 is 0 Å². The molecule has 9 nitrogen and oxygen atoms in total. The zero-order valence-electron chi connectivity index (χ0n) is 17.6. The molecule has 2 aliphatic rings. The SMILES string of the molecule is COc1ncc2c(N3CCN(C(=O)OC(C)(C)C)C4(CC4)C3)ccc(C(=O)O)c2n1. The molecule has 2 heterocycles. The number of carboxylic acids is 1. The maximum absolute atomic E-state index is 12.7. The van der Waals surface area contributed by atoms with Gasteiger partial charge in [0, 0.05) is 36.9 Å². The van der Waals surface area contributed by atoms with E-state index in [4.69, 9.17) is 9.47 Å². The van der Waals surface area contributed by atoms with Crippen LogP contribution in [0.1, 0.15) is 44.0 Å². The van der Waals surface area contributed by atoms with Gasteiger partial charge in [0.05, 0.1) is 23.7 Å². The van der Waals surface area contributed by atoms with Crippen LogP contribution in [0.4, 0.5) is 10.5 Å². The van der Waals surface area contributed by atoms with Gasteiger partial charge in [0.1, 0.15) is 5.60 Å². The number of aromatic carboxylic acids is 1. The Labute approximate surface area is 174 Å². The first-order valence-electron chi connectivity index (χ1n) is 9.96. The molecule has 1 amide bonds. The molecular weight excluding hydrogens is 388 g/mol. The van der Waals surface area contributed by atoms with Crippen LogP contribution in [0.15, 0.2) is 18.3 Å². The highest BCUT2D eigenvalue weighted by molar-refractivity contribution is 6.06. The van der Waals surface area contributed by atoms with Gasteiger partial charge in [-0.2, -0.15) is 4.98 Å². The Balaban J connectivity index is 1.66. The normalized spacial score (nSPS) is 17.9. The molecule has 1 aliphatic heterocycles. The van der Waals surface area contributed by atoms with Crippen LogP contribution in [0, 0.1) is 0 Å². The number of benzene rings is 1. The number of nitrogens with zero attached hydrogens (tertiary/aromatic N) is 4. The lowest BCUT2D eigenvalue weighted by Crippen LogP contribution is -2.58. The van der Waals surface area contributed by atoms with Gasteiger partial charge in [-0.25, -0.2) is 14.6 Å². The summed E-state index contributed by atoms with van der Waals surface area (Å²) >= 11 is 0. The number of piperazine rings is 1. The highest BCUT2D eigenvalue weighted by atomic mass is 16.6. The van der Waals surface area contributed by atoms with Gasteiger partial charge in [0.25, 0.3) is 0 Å². The summed E-state index contributed by atoms with van der Waals surface area (Å²) in [6, 6.07) is 3.48. The summed E-state index contributed by atoms with van der Waals surface area (Å²) < 4.78 is 10.7. The van der Waals surface area contributed by atoms with E-state index in [-0.39, 0.29) is 23.2 Å². The maximum atomic E-state index is 12.7. The van der Waals surface area contributed by atoms with Crippen LogP contribution in [0.2, 0.25) is 0 Å². The topological polar surface area (TPSA) is 105 Å². The molecule has 1 N–H and O–H groups in total. The summed E-state index contributed by atoms with van der Waals surface area (Å²) in [4.78, 5) is 36.9. The zero-order chi connectivity index (χ0) is 21.7. The van der Waals surface area contributed by atoms with E-state index in [1.54, 1.807) is 18.3 Å². The number of methoxy groups -OCH3 is 1. The summed E-state index contributed by atoms with van der Waals surface area (Å²) in [5.74, 6) is -1.05. The number of hydrogen-bond acceptors (Lipinski definition) is 7. The van der Waals surface area contributed by atoms with Crippen molar-refractivity contribution in [3.05, 3.63) is 23.9 Å². The van der Waals surface area contributed by atoms with Gasteiger partial charge >= 0.3 is 18.1 Å². The molecule has 1 aromatic heterocycles. The molecule has 0 bridgehead atoms. The largest absolute Gasteiger partial charge is 0.478 e. The predicted octanol–water partition coefficient (Wildman–Crippen LogP) is 2.93. The van der Waals surface area contributed by atoms with Crippen molar-refractivity contribution >= 4 is 28.7 Å². The number of fused-ring (bicyclic) bond motifs is 1. The fourth-order valence-corrected chi connectivity index (χ4v) is 3.99. The van der Waals surface area contributed by atoms with Crippen LogP contribution < -0.4 is 9.64 Å². The first-order valence-corrected chi connectivity index (χ1v) is 9.96. The van der Waals surface area contributed by atoms with Crippen molar-refractivity contribution in [3.8, 4) is 6.01 Å². The van der Waals surface area contributed by atoms with Gasteiger partial charge in [0.2, 0.25) is 0 Å². The summed E-state index contributed by atoms with van der Waals surface area (Å²) in [6.07, 6.45) is 3.15. The number of carboxylic acid groups (broad SMARTS) is 1. The van der Waals surface area contributed by atoms with Crippen molar-refractivity contribution in [3.63, 3.8) is 0 Å². The van der Waals surface area contributed by atoms with Gasteiger partial charge in [-0.1, -0.05) is 0 Å². The number of carbonyl (C=O) groups is 2. The summed E-state index contributed by atoms with van der Waals surface area (Å²) in [7, 11) is 1.44. The zero-order valence-corrected chi connectivity index (χ0v) is 17.6. The van der Waals surface area contributed by atoms with Gasteiger partial charge < -0.3 is 19.5 Å². The van der Waals surface area contributed by atoms with Crippen molar-refractivity contribution in [2.75, 3.05) is 31.6 Å². The molecule has 4 rings (SSSR count). The van der Waals surface area contributed by atoms with E-state index in [9.17, 15) is 14.7 Å². The minimum atomic E-state index is -1.05. The van der Waals surface area contributed by atoms with Gasteiger partial charge in [-0.15, -0.1) is 0 Å². The second kappa shape index (κ2) is 7.00. The minimum Gasteiger partial charge on any atom is -0.478 e. The first kappa shape index (κ1) is 20.2. The van der Waals surface area contributed by atoms with E-state index in [1.807, 2.05) is 25.7 Å². The molecule has 1 aliphatic carbocycles. The third-order valence-electron chi connectivity index (χ3n) is 5.55. The van der Waals surface area contributed by atoms with Gasteiger partial charge in [-0.3, -0.25) is 4.90 Å². The lowest BCUT2D eigenvalue weighted by molar-refractivity contribution is 0.0106. The van der Waals surface area contributed by atoms with Gasteiger partial charge in [-0.05, 0) is 45.7 Å². The Morgan fingerprint density at radius 3 is 2.53 bits per heavy atom. The summed E-state index contributed by atoms with van der Waals surface area (Å²) in [5, 5.41) is 10.2. The summed E-state index contributed by atoms with van der Waals surface area (Å²) in [6.45, 7) is 7.39. The van der Waals surface area contributed by atoms with E-state index in [0.29, 0.717) is 30.5 Å². The van der Waals surface area contributed by atoms with E-state index in [1.165, 1.54) is 7.11 Å². The molecular formula is C21H26N4O5. The third kappa shape index (κ3) is 3.59. The number of rotatable bonds is 3. The molecule has 0 atom stereocenters.